The SMILES string of the molecule is Cc1cnc(Cn2c(CCl)nc3c(C)nn(C)c32)o1. The molecule has 3 aromatic rings. The Labute approximate surface area is 115 Å². The smallest absolute Gasteiger partial charge is 0.214 e. The van der Waals surface area contributed by atoms with Crippen molar-refractivity contribution in [3.8, 4) is 0 Å². The zero-order valence-electron chi connectivity index (χ0n) is 11.0. The number of oxazole rings is 1. The second-order valence-electron chi connectivity index (χ2n) is 4.49. The number of hydrogen-bond acceptors (Lipinski definition) is 4. The second-order valence-corrected chi connectivity index (χ2v) is 4.76. The van der Waals surface area contributed by atoms with E-state index in [-0.39, 0.29) is 0 Å². The second kappa shape index (κ2) is 4.38. The maximum absolute atomic E-state index is 5.97. The summed E-state index contributed by atoms with van der Waals surface area (Å²) in [4.78, 5) is 8.75. The number of hydrogen-bond donors (Lipinski definition) is 0. The maximum atomic E-state index is 5.97. The molecule has 3 rings (SSSR count). The molecule has 0 saturated heterocycles. The summed E-state index contributed by atoms with van der Waals surface area (Å²) in [6.45, 7) is 4.31. The van der Waals surface area contributed by atoms with Crippen LogP contribution in [0.3, 0.4) is 0 Å². The lowest BCUT2D eigenvalue weighted by Gasteiger charge is -2.05. The van der Waals surface area contributed by atoms with Crippen molar-refractivity contribution >= 4 is 22.8 Å². The van der Waals surface area contributed by atoms with Gasteiger partial charge in [0, 0.05) is 7.05 Å². The van der Waals surface area contributed by atoms with Crippen molar-refractivity contribution in [3.05, 3.63) is 29.4 Å². The Bertz CT molecular complexity index is 739. The molecule has 19 heavy (non-hydrogen) atoms. The Hall–Kier alpha value is -1.82. The predicted molar refractivity (Wildman–Crippen MR) is 71.1 cm³/mol. The van der Waals surface area contributed by atoms with Crippen LogP contribution in [0.5, 0.6) is 0 Å². The Morgan fingerprint density at radius 1 is 1.37 bits per heavy atom. The Morgan fingerprint density at radius 3 is 2.79 bits per heavy atom. The van der Waals surface area contributed by atoms with Crippen molar-refractivity contribution in [2.24, 2.45) is 7.05 Å². The highest BCUT2D eigenvalue weighted by Gasteiger charge is 2.18. The van der Waals surface area contributed by atoms with Crippen LogP contribution in [0.25, 0.3) is 11.2 Å². The molecule has 0 N–H and O–H groups in total. The number of imidazole rings is 1. The largest absolute Gasteiger partial charge is 0.444 e. The first-order valence-electron chi connectivity index (χ1n) is 5.96. The lowest BCUT2D eigenvalue weighted by molar-refractivity contribution is 0.455. The molecule has 0 radical (unpaired) electrons. The van der Waals surface area contributed by atoms with Crippen LogP contribution in [0.4, 0.5) is 0 Å². The molecule has 0 aliphatic heterocycles. The first-order chi connectivity index (χ1) is 9.10. The van der Waals surface area contributed by atoms with Crippen molar-refractivity contribution < 1.29 is 4.42 Å². The summed E-state index contributed by atoms with van der Waals surface area (Å²) in [7, 11) is 1.90. The highest BCUT2D eigenvalue weighted by atomic mass is 35.5. The standard InChI is InChI=1S/C12H14ClN5O/c1-7-5-14-10(19-7)6-18-9(4-13)15-11-8(2)16-17(3)12(11)18/h5H,4,6H2,1-3H3. The van der Waals surface area contributed by atoms with Crippen molar-refractivity contribution in [1.82, 2.24) is 24.3 Å². The van der Waals surface area contributed by atoms with Crippen molar-refractivity contribution in [1.29, 1.82) is 0 Å². The molecule has 6 nitrogen and oxygen atoms in total. The summed E-state index contributed by atoms with van der Waals surface area (Å²) >= 11 is 5.97. The molecule has 3 heterocycles. The zero-order valence-corrected chi connectivity index (χ0v) is 11.8. The molecule has 0 fully saturated rings. The van der Waals surface area contributed by atoms with Crippen LogP contribution < -0.4 is 0 Å². The van der Waals surface area contributed by atoms with Gasteiger partial charge in [-0.25, -0.2) is 9.97 Å². The van der Waals surface area contributed by atoms with Gasteiger partial charge in [0.15, 0.2) is 5.65 Å². The van der Waals surface area contributed by atoms with Gasteiger partial charge in [-0.3, -0.25) is 4.68 Å². The number of rotatable bonds is 3. The number of fused-ring (bicyclic) bond motifs is 1. The van der Waals surface area contributed by atoms with E-state index in [2.05, 4.69) is 15.1 Å². The normalized spacial score (nSPS) is 11.6. The highest BCUT2D eigenvalue weighted by Crippen LogP contribution is 2.21. The van der Waals surface area contributed by atoms with E-state index >= 15 is 0 Å². The quantitative estimate of drug-likeness (QED) is 0.689. The van der Waals surface area contributed by atoms with Crippen LogP contribution >= 0.6 is 11.6 Å². The minimum atomic E-state index is 0.341. The van der Waals surface area contributed by atoms with E-state index in [4.69, 9.17) is 16.0 Å². The van der Waals surface area contributed by atoms with Gasteiger partial charge in [0.05, 0.1) is 17.8 Å². The van der Waals surface area contributed by atoms with E-state index in [1.54, 1.807) is 6.20 Å². The van der Waals surface area contributed by atoms with Crippen LogP contribution in [0.15, 0.2) is 10.6 Å². The molecular weight excluding hydrogens is 266 g/mol. The third-order valence-corrected chi connectivity index (χ3v) is 3.29. The maximum Gasteiger partial charge on any atom is 0.214 e. The molecule has 0 spiro atoms. The Balaban J connectivity index is 2.15. The number of alkyl halides is 1. The first kappa shape index (κ1) is 12.2. The van der Waals surface area contributed by atoms with E-state index in [1.165, 1.54) is 0 Å². The average Bonchev–Trinajstić information content (AvgIpc) is 3.00. The first-order valence-corrected chi connectivity index (χ1v) is 6.49. The highest BCUT2D eigenvalue weighted by molar-refractivity contribution is 6.16. The van der Waals surface area contributed by atoms with E-state index in [1.807, 2.05) is 30.1 Å². The Morgan fingerprint density at radius 2 is 2.16 bits per heavy atom. The molecule has 0 aromatic carbocycles. The fraction of sp³-hybridized carbons (Fsp3) is 0.417. The average molecular weight is 280 g/mol. The molecule has 3 aromatic heterocycles. The topological polar surface area (TPSA) is 61.7 Å². The summed E-state index contributed by atoms with van der Waals surface area (Å²) in [5, 5.41) is 4.37. The van der Waals surface area contributed by atoms with Crippen molar-refractivity contribution in [2.75, 3.05) is 0 Å². The van der Waals surface area contributed by atoms with E-state index in [0.29, 0.717) is 18.3 Å². The fourth-order valence-electron chi connectivity index (χ4n) is 2.26. The predicted octanol–water partition coefficient (Wildman–Crippen LogP) is 2.16. The number of nitrogens with zero attached hydrogens (tertiary/aromatic N) is 5. The molecule has 100 valence electrons. The summed E-state index contributed by atoms with van der Waals surface area (Å²) < 4.78 is 9.32. The number of aromatic nitrogens is 5. The minimum absolute atomic E-state index is 0.341. The molecule has 0 bridgehead atoms. The minimum Gasteiger partial charge on any atom is -0.444 e. The lowest BCUT2D eigenvalue weighted by Crippen LogP contribution is -2.07. The molecule has 0 amide bonds. The summed E-state index contributed by atoms with van der Waals surface area (Å²) in [6, 6.07) is 0. The molecule has 7 heteroatoms. The van der Waals surface area contributed by atoms with Gasteiger partial charge in [-0.2, -0.15) is 5.10 Å². The van der Waals surface area contributed by atoms with Gasteiger partial charge in [0.1, 0.15) is 23.6 Å². The zero-order chi connectivity index (χ0) is 13.6. The molecule has 0 aliphatic carbocycles. The van der Waals surface area contributed by atoms with Crippen molar-refractivity contribution in [3.63, 3.8) is 0 Å². The molecular formula is C12H14ClN5O. The van der Waals surface area contributed by atoms with Gasteiger partial charge in [-0.1, -0.05) is 0 Å². The monoisotopic (exact) mass is 279 g/mol. The summed E-state index contributed by atoms with van der Waals surface area (Å²) in [5.74, 6) is 2.57. The number of aryl methyl sites for hydroxylation is 3. The van der Waals surface area contributed by atoms with Gasteiger partial charge in [-0.05, 0) is 13.8 Å². The molecule has 0 unspecified atom stereocenters. The van der Waals surface area contributed by atoms with E-state index < -0.39 is 0 Å². The van der Waals surface area contributed by atoms with Gasteiger partial charge in [-0.15, -0.1) is 11.6 Å². The Kier molecular flexibility index (Phi) is 2.82. The summed E-state index contributed by atoms with van der Waals surface area (Å²) in [6.07, 6.45) is 1.71. The van der Waals surface area contributed by atoms with E-state index in [9.17, 15) is 0 Å². The van der Waals surface area contributed by atoms with Crippen molar-refractivity contribution in [2.45, 2.75) is 26.3 Å². The molecule has 0 saturated carbocycles. The lowest BCUT2D eigenvalue weighted by atomic mass is 10.4. The van der Waals surface area contributed by atoms with E-state index in [0.717, 1.165) is 28.4 Å². The van der Waals surface area contributed by atoms with Crippen LogP contribution in [0, 0.1) is 13.8 Å². The molecule has 0 atom stereocenters. The fourth-order valence-corrected chi connectivity index (χ4v) is 2.46. The number of halogens is 1. The third-order valence-electron chi connectivity index (χ3n) is 3.05. The van der Waals surface area contributed by atoms with Gasteiger partial charge in [0.2, 0.25) is 5.89 Å². The van der Waals surface area contributed by atoms with Crippen LogP contribution in [0.1, 0.15) is 23.2 Å². The van der Waals surface area contributed by atoms with Gasteiger partial charge < -0.3 is 8.98 Å². The van der Waals surface area contributed by atoms with Crippen LogP contribution in [-0.2, 0) is 19.5 Å². The third kappa shape index (κ3) is 1.92. The van der Waals surface area contributed by atoms with Crippen LogP contribution in [0.2, 0.25) is 0 Å². The van der Waals surface area contributed by atoms with Gasteiger partial charge in [0.25, 0.3) is 0 Å². The van der Waals surface area contributed by atoms with Crippen LogP contribution in [-0.4, -0.2) is 24.3 Å². The summed E-state index contributed by atoms with van der Waals surface area (Å²) in [5.41, 5.74) is 2.71. The molecule has 0 aliphatic rings. The van der Waals surface area contributed by atoms with Gasteiger partial charge >= 0.3 is 0 Å².